The molecule has 1 aromatic carbocycles. The van der Waals surface area contributed by atoms with Crippen LogP contribution in [0, 0.1) is 13.8 Å². The molecule has 0 amide bonds. The number of imidazole rings is 1. The lowest BCUT2D eigenvalue weighted by atomic mass is 10.1. The minimum atomic E-state index is 0.737. The molecule has 0 atom stereocenters. The largest absolute Gasteiger partial charge is 0.372 e. The summed E-state index contributed by atoms with van der Waals surface area (Å²) >= 11 is 0. The van der Waals surface area contributed by atoms with Gasteiger partial charge in [-0.3, -0.25) is 9.55 Å². The van der Waals surface area contributed by atoms with Crippen molar-refractivity contribution in [2.45, 2.75) is 26.8 Å². The highest BCUT2D eigenvalue weighted by Gasteiger charge is 2.02. The van der Waals surface area contributed by atoms with Gasteiger partial charge in [-0.05, 0) is 30.5 Å². The van der Waals surface area contributed by atoms with Gasteiger partial charge in [0, 0.05) is 38.1 Å². The number of aryl methyl sites for hydroxylation is 2. The summed E-state index contributed by atoms with van der Waals surface area (Å²) in [5.41, 5.74) is 4.78. The Morgan fingerprint density at radius 3 is 2.77 bits per heavy atom. The van der Waals surface area contributed by atoms with Crippen molar-refractivity contribution in [3.63, 3.8) is 0 Å². The van der Waals surface area contributed by atoms with Gasteiger partial charge in [0.2, 0.25) is 0 Å². The molecule has 0 spiro atoms. The van der Waals surface area contributed by atoms with Crippen molar-refractivity contribution >= 4 is 0 Å². The quantitative estimate of drug-likeness (QED) is 0.655. The van der Waals surface area contributed by atoms with E-state index in [1.54, 1.807) is 24.9 Å². The average Bonchev–Trinajstić information content (AvgIpc) is 3.18. The summed E-state index contributed by atoms with van der Waals surface area (Å²) in [5.74, 6) is 1.58. The van der Waals surface area contributed by atoms with Gasteiger partial charge in [0.1, 0.15) is 6.33 Å². The van der Waals surface area contributed by atoms with E-state index < -0.39 is 0 Å². The molecule has 134 valence electrons. The van der Waals surface area contributed by atoms with Gasteiger partial charge in [-0.2, -0.15) is 0 Å². The van der Waals surface area contributed by atoms with Crippen molar-refractivity contribution in [3.8, 4) is 5.82 Å². The molecule has 6 heteroatoms. The van der Waals surface area contributed by atoms with Crippen molar-refractivity contribution in [2.75, 3.05) is 6.54 Å². The Labute approximate surface area is 154 Å². The van der Waals surface area contributed by atoms with E-state index in [4.69, 9.17) is 0 Å². The second kappa shape index (κ2) is 8.29. The van der Waals surface area contributed by atoms with Crippen molar-refractivity contribution in [1.82, 2.24) is 30.2 Å². The summed E-state index contributed by atoms with van der Waals surface area (Å²) in [7, 11) is 0. The summed E-state index contributed by atoms with van der Waals surface area (Å²) < 4.78 is 1.84. The third-order valence-corrected chi connectivity index (χ3v) is 4.24. The first-order chi connectivity index (χ1) is 12.6. The molecule has 0 bridgehead atoms. The van der Waals surface area contributed by atoms with Gasteiger partial charge >= 0.3 is 0 Å². The normalized spacial score (nSPS) is 10.5. The van der Waals surface area contributed by atoms with Crippen LogP contribution in [0.5, 0.6) is 0 Å². The molecule has 2 heterocycles. The zero-order valence-corrected chi connectivity index (χ0v) is 15.2. The number of aromatic nitrogens is 4. The zero-order chi connectivity index (χ0) is 18.4. The molecule has 0 radical (unpaired) electrons. The highest BCUT2D eigenvalue weighted by Crippen LogP contribution is 2.09. The van der Waals surface area contributed by atoms with E-state index in [2.05, 4.69) is 64.2 Å². The van der Waals surface area contributed by atoms with Crippen LogP contribution < -0.4 is 10.6 Å². The van der Waals surface area contributed by atoms with Crippen molar-refractivity contribution in [1.29, 1.82) is 0 Å². The third kappa shape index (κ3) is 4.69. The van der Waals surface area contributed by atoms with Crippen LogP contribution in [0.1, 0.15) is 22.4 Å². The molecule has 0 aliphatic carbocycles. The lowest BCUT2D eigenvalue weighted by Gasteiger charge is -2.13. The number of hydrogen-bond acceptors (Lipinski definition) is 5. The standard InChI is InChI=1S/C20H24N6/c1-15-4-5-18(10-16(15)2)11-24-17(3)23-7-6-19-12-22-13-20(25-19)26-9-8-21-14-26/h4-5,8-10,12-14,23-24H,3,6-7,11H2,1-2H3. The Hall–Kier alpha value is -3.15. The van der Waals surface area contributed by atoms with Crippen LogP contribution in [-0.2, 0) is 13.0 Å². The maximum absolute atomic E-state index is 4.59. The lowest BCUT2D eigenvalue weighted by molar-refractivity contribution is 0.675. The maximum atomic E-state index is 4.59. The molecule has 0 aliphatic rings. The first-order valence-electron chi connectivity index (χ1n) is 8.64. The van der Waals surface area contributed by atoms with Gasteiger partial charge in [-0.25, -0.2) is 9.97 Å². The molecule has 2 N–H and O–H groups in total. The highest BCUT2D eigenvalue weighted by atomic mass is 15.1. The predicted octanol–water partition coefficient (Wildman–Crippen LogP) is 2.67. The van der Waals surface area contributed by atoms with E-state index in [-0.39, 0.29) is 0 Å². The van der Waals surface area contributed by atoms with Crippen LogP contribution in [0.3, 0.4) is 0 Å². The molecule has 0 saturated carbocycles. The summed E-state index contributed by atoms with van der Waals surface area (Å²) in [6.07, 6.45) is 9.56. The number of benzene rings is 1. The smallest absolute Gasteiger partial charge is 0.156 e. The minimum Gasteiger partial charge on any atom is -0.372 e. The summed E-state index contributed by atoms with van der Waals surface area (Å²) in [6.45, 7) is 9.77. The van der Waals surface area contributed by atoms with Crippen LogP contribution in [0.15, 0.2) is 61.7 Å². The Morgan fingerprint density at radius 2 is 2.00 bits per heavy atom. The monoisotopic (exact) mass is 348 g/mol. The van der Waals surface area contributed by atoms with E-state index in [1.165, 1.54) is 16.7 Å². The van der Waals surface area contributed by atoms with Gasteiger partial charge in [-0.1, -0.05) is 24.8 Å². The number of rotatable bonds is 8. The Morgan fingerprint density at radius 1 is 1.12 bits per heavy atom. The fraction of sp³-hybridized carbons (Fsp3) is 0.250. The zero-order valence-electron chi connectivity index (χ0n) is 15.2. The SMILES string of the molecule is C=C(NCCc1cncc(-n2ccnc2)n1)NCc1ccc(C)c(C)c1. The van der Waals surface area contributed by atoms with Crippen molar-refractivity contribution in [2.24, 2.45) is 0 Å². The van der Waals surface area contributed by atoms with Gasteiger partial charge in [0.15, 0.2) is 5.82 Å². The molecule has 0 fully saturated rings. The van der Waals surface area contributed by atoms with E-state index in [0.29, 0.717) is 0 Å². The summed E-state index contributed by atoms with van der Waals surface area (Å²) in [6, 6.07) is 6.49. The molecular formula is C20H24N6. The molecule has 0 aliphatic heterocycles. The van der Waals surface area contributed by atoms with Crippen LogP contribution in [0.25, 0.3) is 5.82 Å². The third-order valence-electron chi connectivity index (χ3n) is 4.24. The highest BCUT2D eigenvalue weighted by molar-refractivity contribution is 5.30. The fourth-order valence-electron chi connectivity index (χ4n) is 2.56. The summed E-state index contributed by atoms with van der Waals surface area (Å²) in [5, 5.41) is 6.60. The molecule has 0 unspecified atom stereocenters. The Kier molecular flexibility index (Phi) is 5.63. The Bertz CT molecular complexity index is 870. The number of nitrogens with zero attached hydrogens (tertiary/aromatic N) is 4. The molecule has 2 aromatic heterocycles. The van der Waals surface area contributed by atoms with Gasteiger partial charge in [0.25, 0.3) is 0 Å². The van der Waals surface area contributed by atoms with E-state index in [1.807, 2.05) is 10.8 Å². The minimum absolute atomic E-state index is 0.737. The van der Waals surface area contributed by atoms with Gasteiger partial charge < -0.3 is 10.6 Å². The van der Waals surface area contributed by atoms with Crippen molar-refractivity contribution in [3.05, 3.63) is 84.1 Å². The van der Waals surface area contributed by atoms with Gasteiger partial charge in [-0.15, -0.1) is 0 Å². The van der Waals surface area contributed by atoms with E-state index in [0.717, 1.165) is 36.8 Å². The predicted molar refractivity (Wildman–Crippen MR) is 103 cm³/mol. The first-order valence-corrected chi connectivity index (χ1v) is 8.64. The van der Waals surface area contributed by atoms with Crippen LogP contribution in [0.2, 0.25) is 0 Å². The second-order valence-corrected chi connectivity index (χ2v) is 6.27. The molecular weight excluding hydrogens is 324 g/mol. The second-order valence-electron chi connectivity index (χ2n) is 6.27. The van der Waals surface area contributed by atoms with Crippen molar-refractivity contribution < 1.29 is 0 Å². The molecule has 0 saturated heterocycles. The number of hydrogen-bond donors (Lipinski definition) is 2. The first kappa shape index (κ1) is 17.7. The van der Waals surface area contributed by atoms with E-state index in [9.17, 15) is 0 Å². The molecule has 3 aromatic rings. The van der Waals surface area contributed by atoms with Crippen LogP contribution in [0.4, 0.5) is 0 Å². The topological polar surface area (TPSA) is 67.7 Å². The summed E-state index contributed by atoms with van der Waals surface area (Å²) in [4.78, 5) is 12.9. The molecule has 3 rings (SSSR count). The molecule has 26 heavy (non-hydrogen) atoms. The molecule has 6 nitrogen and oxygen atoms in total. The fourth-order valence-corrected chi connectivity index (χ4v) is 2.56. The number of nitrogens with one attached hydrogen (secondary N) is 2. The van der Waals surface area contributed by atoms with Gasteiger partial charge in [0.05, 0.1) is 17.7 Å². The van der Waals surface area contributed by atoms with Crippen LogP contribution in [-0.4, -0.2) is 26.1 Å². The van der Waals surface area contributed by atoms with Crippen LogP contribution >= 0.6 is 0 Å². The lowest BCUT2D eigenvalue weighted by Crippen LogP contribution is -2.27. The van der Waals surface area contributed by atoms with E-state index >= 15 is 0 Å². The maximum Gasteiger partial charge on any atom is 0.156 e. The average molecular weight is 348 g/mol. The Balaban J connectivity index is 1.45.